The monoisotopic (exact) mass is 490 g/mol. The van der Waals surface area contributed by atoms with Gasteiger partial charge in [-0.1, -0.05) is 18.2 Å². The summed E-state index contributed by atoms with van der Waals surface area (Å²) in [6.07, 6.45) is 2.11. The summed E-state index contributed by atoms with van der Waals surface area (Å²) in [5.41, 5.74) is 1.54. The molecule has 2 aromatic carbocycles. The Morgan fingerprint density at radius 1 is 1.23 bits per heavy atom. The van der Waals surface area contributed by atoms with Crippen molar-refractivity contribution in [2.75, 3.05) is 20.2 Å². The molecular formula is C26H26N4O4S. The van der Waals surface area contributed by atoms with Crippen LogP contribution in [0, 0.1) is 4.77 Å². The average molecular weight is 491 g/mol. The number of allylic oxidation sites excluding steroid dienone is 1. The molecule has 1 aliphatic rings. The highest BCUT2D eigenvalue weighted by Gasteiger charge is 2.18. The van der Waals surface area contributed by atoms with Crippen molar-refractivity contribution in [2.45, 2.75) is 20.3 Å². The van der Waals surface area contributed by atoms with E-state index < -0.39 is 5.56 Å². The lowest BCUT2D eigenvalue weighted by Gasteiger charge is -2.16. The molecule has 0 aliphatic carbocycles. The summed E-state index contributed by atoms with van der Waals surface area (Å²) >= 11 is 5.34. The van der Waals surface area contributed by atoms with Gasteiger partial charge in [-0.25, -0.2) is 4.99 Å². The van der Waals surface area contributed by atoms with E-state index in [1.807, 2.05) is 31.2 Å². The molecule has 9 heteroatoms. The van der Waals surface area contributed by atoms with E-state index in [4.69, 9.17) is 21.9 Å². The SMILES string of the molecule is CCOc1ccc(-n2c(O)c(/C=C3\N=c4ccccc4=C3CCN(C)C(C)=O)c(=O)[nH]c2=S)cc1. The van der Waals surface area contributed by atoms with Crippen LogP contribution in [-0.2, 0) is 4.79 Å². The van der Waals surface area contributed by atoms with E-state index in [1.54, 1.807) is 42.3 Å². The van der Waals surface area contributed by atoms with Gasteiger partial charge in [-0.2, -0.15) is 0 Å². The molecule has 0 atom stereocenters. The maximum absolute atomic E-state index is 12.8. The summed E-state index contributed by atoms with van der Waals surface area (Å²) < 4.78 is 6.94. The number of aromatic amines is 1. The van der Waals surface area contributed by atoms with Gasteiger partial charge in [-0.15, -0.1) is 0 Å². The van der Waals surface area contributed by atoms with Gasteiger partial charge in [0, 0.05) is 25.7 Å². The Balaban J connectivity index is 1.82. The van der Waals surface area contributed by atoms with E-state index in [0.717, 1.165) is 16.1 Å². The highest BCUT2D eigenvalue weighted by molar-refractivity contribution is 7.71. The summed E-state index contributed by atoms with van der Waals surface area (Å²) in [4.78, 5) is 33.5. The number of carbonyl (C=O) groups is 1. The predicted molar refractivity (Wildman–Crippen MR) is 137 cm³/mol. The number of aromatic hydroxyl groups is 1. The summed E-state index contributed by atoms with van der Waals surface area (Å²) in [7, 11) is 1.74. The van der Waals surface area contributed by atoms with Crippen LogP contribution in [0.15, 0.2) is 64.0 Å². The summed E-state index contributed by atoms with van der Waals surface area (Å²) in [5.74, 6) is 0.360. The van der Waals surface area contributed by atoms with Crippen molar-refractivity contribution in [1.82, 2.24) is 14.5 Å². The van der Waals surface area contributed by atoms with Crippen LogP contribution in [0.4, 0.5) is 0 Å². The van der Waals surface area contributed by atoms with E-state index in [0.29, 0.717) is 36.7 Å². The molecule has 0 unspecified atom stereocenters. The van der Waals surface area contributed by atoms with Crippen molar-refractivity contribution in [3.05, 3.63) is 85.5 Å². The van der Waals surface area contributed by atoms with Crippen LogP contribution in [-0.4, -0.2) is 45.7 Å². The summed E-state index contributed by atoms with van der Waals surface area (Å²) in [5, 5.41) is 12.8. The molecule has 0 fully saturated rings. The highest BCUT2D eigenvalue weighted by Crippen LogP contribution is 2.26. The maximum Gasteiger partial charge on any atom is 0.262 e. The lowest BCUT2D eigenvalue weighted by molar-refractivity contribution is -0.127. The number of hydrogen-bond donors (Lipinski definition) is 2. The van der Waals surface area contributed by atoms with Crippen LogP contribution < -0.4 is 20.9 Å². The van der Waals surface area contributed by atoms with Gasteiger partial charge >= 0.3 is 0 Å². The number of fused-ring (bicyclic) bond motifs is 1. The number of para-hydroxylation sites is 1. The smallest absolute Gasteiger partial charge is 0.262 e. The number of H-pyrrole nitrogens is 1. The van der Waals surface area contributed by atoms with Gasteiger partial charge in [0.2, 0.25) is 11.8 Å². The number of amides is 1. The number of benzene rings is 2. The van der Waals surface area contributed by atoms with E-state index in [-0.39, 0.29) is 22.1 Å². The first-order valence-corrected chi connectivity index (χ1v) is 11.6. The van der Waals surface area contributed by atoms with Crippen LogP contribution in [0.3, 0.4) is 0 Å². The Morgan fingerprint density at radius 2 is 1.94 bits per heavy atom. The number of nitrogens with one attached hydrogen (secondary N) is 1. The van der Waals surface area contributed by atoms with E-state index in [1.165, 1.54) is 11.5 Å². The summed E-state index contributed by atoms with van der Waals surface area (Å²) in [6, 6.07) is 14.7. The van der Waals surface area contributed by atoms with E-state index in [9.17, 15) is 14.7 Å². The van der Waals surface area contributed by atoms with E-state index >= 15 is 0 Å². The average Bonchev–Trinajstić information content (AvgIpc) is 3.18. The van der Waals surface area contributed by atoms with Crippen LogP contribution in [0.25, 0.3) is 17.3 Å². The van der Waals surface area contributed by atoms with Gasteiger partial charge < -0.3 is 14.7 Å². The fourth-order valence-corrected chi connectivity index (χ4v) is 4.17. The molecule has 1 aliphatic heterocycles. The van der Waals surface area contributed by atoms with Gasteiger partial charge in [0.25, 0.3) is 5.56 Å². The van der Waals surface area contributed by atoms with Gasteiger partial charge in [0.15, 0.2) is 4.77 Å². The molecule has 1 aromatic heterocycles. The minimum atomic E-state index is -0.520. The Morgan fingerprint density at radius 3 is 2.63 bits per heavy atom. The van der Waals surface area contributed by atoms with Crippen LogP contribution in [0.2, 0.25) is 0 Å². The molecule has 35 heavy (non-hydrogen) atoms. The third-order valence-electron chi connectivity index (χ3n) is 5.82. The lowest BCUT2D eigenvalue weighted by Crippen LogP contribution is -2.27. The van der Waals surface area contributed by atoms with Crippen LogP contribution in [0.1, 0.15) is 25.8 Å². The van der Waals surface area contributed by atoms with Gasteiger partial charge in [0.05, 0.1) is 23.3 Å². The van der Waals surface area contributed by atoms with Gasteiger partial charge in [-0.05, 0) is 67.5 Å². The zero-order chi connectivity index (χ0) is 25.1. The number of carbonyl (C=O) groups excluding carboxylic acids is 1. The maximum atomic E-state index is 12.8. The lowest BCUT2D eigenvalue weighted by atomic mass is 10.1. The Hall–Kier alpha value is -3.98. The van der Waals surface area contributed by atoms with E-state index in [2.05, 4.69) is 4.98 Å². The molecule has 180 valence electrons. The van der Waals surface area contributed by atoms with Gasteiger partial charge in [0.1, 0.15) is 11.3 Å². The summed E-state index contributed by atoms with van der Waals surface area (Å²) in [6.45, 7) is 4.44. The van der Waals surface area contributed by atoms with Crippen LogP contribution in [0.5, 0.6) is 11.6 Å². The number of hydrogen-bond acceptors (Lipinski definition) is 6. The molecular weight excluding hydrogens is 464 g/mol. The van der Waals surface area contributed by atoms with Crippen molar-refractivity contribution < 1.29 is 14.6 Å². The number of nitrogens with zero attached hydrogens (tertiary/aromatic N) is 3. The second-order valence-corrected chi connectivity index (χ2v) is 8.47. The molecule has 2 N–H and O–H groups in total. The first-order chi connectivity index (χ1) is 16.8. The third-order valence-corrected chi connectivity index (χ3v) is 6.11. The normalized spacial score (nSPS) is 13.5. The molecule has 4 rings (SSSR count). The minimum Gasteiger partial charge on any atom is -0.494 e. The number of ether oxygens (including phenoxy) is 1. The molecule has 0 radical (unpaired) electrons. The molecule has 0 saturated carbocycles. The Labute approximate surface area is 207 Å². The Bertz CT molecular complexity index is 1550. The first-order valence-electron chi connectivity index (χ1n) is 11.2. The first kappa shape index (κ1) is 24.2. The molecule has 1 amide bonds. The van der Waals surface area contributed by atoms with Crippen molar-refractivity contribution in [3.8, 4) is 17.3 Å². The van der Waals surface area contributed by atoms with Crippen molar-refractivity contribution in [1.29, 1.82) is 0 Å². The Kier molecular flexibility index (Phi) is 6.97. The number of rotatable bonds is 7. The molecule has 0 saturated heterocycles. The molecule has 8 nitrogen and oxygen atoms in total. The fraction of sp³-hybridized carbons (Fsp3) is 0.231. The second-order valence-electron chi connectivity index (χ2n) is 8.09. The molecule has 2 heterocycles. The zero-order valence-electron chi connectivity index (χ0n) is 19.7. The van der Waals surface area contributed by atoms with Crippen molar-refractivity contribution in [2.24, 2.45) is 4.99 Å². The fourth-order valence-electron chi connectivity index (χ4n) is 3.88. The van der Waals surface area contributed by atoms with Crippen molar-refractivity contribution in [3.63, 3.8) is 0 Å². The molecule has 0 bridgehead atoms. The standard InChI is InChI=1S/C26H26N4O4S/c1-4-34-18-11-9-17(10-12-18)30-25(33)21(24(32)28-26(30)35)15-23-20(13-14-29(3)16(2)31)19-7-5-6-8-22(19)27-23/h5-12,15,33H,4,13-14H2,1-3H3,(H,28,32,35)/b23-15-. The van der Waals surface area contributed by atoms with Crippen LogP contribution >= 0.6 is 12.2 Å². The topological polar surface area (TPSA) is 99.9 Å². The highest BCUT2D eigenvalue weighted by atomic mass is 32.1. The number of aromatic nitrogens is 2. The second kappa shape index (κ2) is 10.1. The quantitative estimate of drug-likeness (QED) is 0.496. The molecule has 3 aromatic rings. The third kappa shape index (κ3) is 4.95. The largest absolute Gasteiger partial charge is 0.494 e. The zero-order valence-corrected chi connectivity index (χ0v) is 20.6. The van der Waals surface area contributed by atoms with Gasteiger partial charge in [-0.3, -0.25) is 19.1 Å². The van der Waals surface area contributed by atoms with Crippen molar-refractivity contribution >= 4 is 29.8 Å². The predicted octanol–water partition coefficient (Wildman–Crippen LogP) is 2.69. The minimum absolute atomic E-state index is 0.0362. The molecule has 0 spiro atoms.